The fourth-order valence-corrected chi connectivity index (χ4v) is 2.10. The summed E-state index contributed by atoms with van der Waals surface area (Å²) >= 11 is 7.10. The lowest BCUT2D eigenvalue weighted by atomic mass is 10.1. The third-order valence-electron chi connectivity index (χ3n) is 1.88. The highest BCUT2D eigenvalue weighted by Crippen LogP contribution is 2.27. The van der Waals surface area contributed by atoms with E-state index in [4.69, 9.17) is 11.6 Å². The molecule has 0 unspecified atom stereocenters. The molecule has 1 aromatic rings. The molecule has 0 atom stereocenters. The van der Waals surface area contributed by atoms with Crippen molar-refractivity contribution < 1.29 is 4.79 Å². The number of hydrogen-bond acceptors (Lipinski definition) is 2. The minimum Gasteiger partial charge on any atom is -0.282 e. The second-order valence-electron chi connectivity index (χ2n) is 2.78. The number of rotatable bonds is 1. The van der Waals surface area contributed by atoms with Gasteiger partial charge in [0.1, 0.15) is 0 Å². The summed E-state index contributed by atoms with van der Waals surface area (Å²) in [5, 5.41) is 0.867. The normalized spacial score (nSPS) is 16.1. The van der Waals surface area contributed by atoms with Crippen LogP contribution in [0, 0.1) is 0 Å². The molecule has 66 valence electrons. The van der Waals surface area contributed by atoms with E-state index in [1.54, 1.807) is 6.08 Å². The van der Waals surface area contributed by atoms with E-state index >= 15 is 0 Å². The SMILES string of the molecule is O=C1C=C(c2ccc(Cl)cc2)CS1. The maximum atomic E-state index is 11.0. The summed E-state index contributed by atoms with van der Waals surface area (Å²) in [5.74, 6) is 0.778. The Morgan fingerprint density at radius 2 is 1.92 bits per heavy atom. The number of benzene rings is 1. The van der Waals surface area contributed by atoms with Crippen LogP contribution < -0.4 is 0 Å². The molecule has 1 aliphatic heterocycles. The molecule has 3 heteroatoms. The van der Waals surface area contributed by atoms with Crippen molar-refractivity contribution >= 4 is 34.1 Å². The zero-order valence-electron chi connectivity index (χ0n) is 6.79. The Bertz CT molecular complexity index is 367. The summed E-state index contributed by atoms with van der Waals surface area (Å²) in [6.07, 6.45) is 1.69. The fraction of sp³-hybridized carbons (Fsp3) is 0.100. The van der Waals surface area contributed by atoms with Gasteiger partial charge in [0.2, 0.25) is 5.12 Å². The first-order valence-electron chi connectivity index (χ1n) is 3.89. The van der Waals surface area contributed by atoms with Crippen molar-refractivity contribution in [1.29, 1.82) is 0 Å². The lowest BCUT2D eigenvalue weighted by Gasteiger charge is -1.99. The van der Waals surface area contributed by atoms with Gasteiger partial charge in [-0.1, -0.05) is 35.5 Å². The van der Waals surface area contributed by atoms with Gasteiger partial charge in [-0.05, 0) is 29.3 Å². The minimum atomic E-state index is 0.143. The van der Waals surface area contributed by atoms with Gasteiger partial charge in [0, 0.05) is 10.8 Å². The average Bonchev–Trinajstić information content (AvgIpc) is 2.53. The summed E-state index contributed by atoms with van der Waals surface area (Å²) < 4.78 is 0. The van der Waals surface area contributed by atoms with Gasteiger partial charge >= 0.3 is 0 Å². The van der Waals surface area contributed by atoms with Crippen LogP contribution in [0.1, 0.15) is 5.56 Å². The van der Waals surface area contributed by atoms with Gasteiger partial charge in [0.05, 0.1) is 0 Å². The average molecular weight is 211 g/mol. The lowest BCUT2D eigenvalue weighted by molar-refractivity contribution is -0.106. The Balaban J connectivity index is 2.31. The van der Waals surface area contributed by atoms with Gasteiger partial charge in [-0.3, -0.25) is 4.79 Å². The highest BCUT2D eigenvalue weighted by molar-refractivity contribution is 8.14. The molecule has 0 radical (unpaired) electrons. The highest BCUT2D eigenvalue weighted by Gasteiger charge is 2.13. The molecular weight excluding hydrogens is 204 g/mol. The Morgan fingerprint density at radius 1 is 1.23 bits per heavy atom. The zero-order valence-corrected chi connectivity index (χ0v) is 8.36. The van der Waals surface area contributed by atoms with Gasteiger partial charge in [-0.15, -0.1) is 0 Å². The molecule has 0 aliphatic carbocycles. The van der Waals surface area contributed by atoms with Crippen LogP contribution in [-0.4, -0.2) is 10.9 Å². The molecule has 0 bridgehead atoms. The van der Waals surface area contributed by atoms with E-state index in [0.29, 0.717) is 0 Å². The molecule has 0 aromatic heterocycles. The standard InChI is InChI=1S/C10H7ClOS/c11-9-3-1-7(2-4-9)8-5-10(12)13-6-8/h1-5H,6H2. The van der Waals surface area contributed by atoms with Crippen LogP contribution in [0.4, 0.5) is 0 Å². The monoisotopic (exact) mass is 210 g/mol. The molecule has 1 aromatic carbocycles. The van der Waals surface area contributed by atoms with Crippen molar-refractivity contribution in [2.75, 3.05) is 5.75 Å². The van der Waals surface area contributed by atoms with Crippen LogP contribution in [0.15, 0.2) is 30.3 Å². The van der Waals surface area contributed by atoms with Crippen LogP contribution in [0.3, 0.4) is 0 Å². The third-order valence-corrected chi connectivity index (χ3v) is 2.99. The summed E-state index contributed by atoms with van der Waals surface area (Å²) in [7, 11) is 0. The zero-order chi connectivity index (χ0) is 9.26. The Kier molecular flexibility index (Phi) is 2.42. The maximum absolute atomic E-state index is 11.0. The summed E-state index contributed by atoms with van der Waals surface area (Å²) in [5.41, 5.74) is 2.18. The Labute approximate surface area is 85.8 Å². The van der Waals surface area contributed by atoms with Crippen molar-refractivity contribution in [3.63, 3.8) is 0 Å². The van der Waals surface area contributed by atoms with Gasteiger partial charge in [0.15, 0.2) is 0 Å². The van der Waals surface area contributed by atoms with E-state index in [1.165, 1.54) is 11.8 Å². The van der Waals surface area contributed by atoms with Gasteiger partial charge in [-0.25, -0.2) is 0 Å². The molecule has 0 saturated carbocycles. The van der Waals surface area contributed by atoms with Crippen LogP contribution in [0.5, 0.6) is 0 Å². The van der Waals surface area contributed by atoms with E-state index in [1.807, 2.05) is 24.3 Å². The summed E-state index contributed by atoms with van der Waals surface area (Å²) in [6, 6.07) is 7.55. The molecule has 0 saturated heterocycles. The van der Waals surface area contributed by atoms with Crippen LogP contribution in [0.2, 0.25) is 5.02 Å². The van der Waals surface area contributed by atoms with Gasteiger partial charge in [-0.2, -0.15) is 0 Å². The molecule has 0 fully saturated rings. The largest absolute Gasteiger partial charge is 0.282 e. The van der Waals surface area contributed by atoms with Gasteiger partial charge in [0.25, 0.3) is 0 Å². The topological polar surface area (TPSA) is 17.1 Å². The maximum Gasteiger partial charge on any atom is 0.212 e. The molecule has 2 rings (SSSR count). The molecule has 0 spiro atoms. The van der Waals surface area contributed by atoms with Crippen LogP contribution >= 0.6 is 23.4 Å². The van der Waals surface area contributed by atoms with Crippen LogP contribution in [-0.2, 0) is 4.79 Å². The number of thioether (sulfide) groups is 1. The molecule has 0 amide bonds. The Hall–Kier alpha value is -0.730. The lowest BCUT2D eigenvalue weighted by Crippen LogP contribution is -1.82. The molecule has 1 heterocycles. The van der Waals surface area contributed by atoms with Crippen molar-refractivity contribution in [2.45, 2.75) is 0 Å². The highest BCUT2D eigenvalue weighted by atomic mass is 35.5. The quantitative estimate of drug-likeness (QED) is 0.709. The second kappa shape index (κ2) is 3.56. The van der Waals surface area contributed by atoms with Crippen molar-refractivity contribution in [3.05, 3.63) is 40.9 Å². The third kappa shape index (κ3) is 1.95. The summed E-state index contributed by atoms with van der Waals surface area (Å²) in [4.78, 5) is 11.0. The minimum absolute atomic E-state index is 0.143. The molecule has 0 N–H and O–H groups in total. The first-order valence-corrected chi connectivity index (χ1v) is 5.25. The number of carbonyl (C=O) groups excluding carboxylic acids is 1. The number of carbonyl (C=O) groups is 1. The van der Waals surface area contributed by atoms with Crippen molar-refractivity contribution in [1.82, 2.24) is 0 Å². The fourth-order valence-electron chi connectivity index (χ4n) is 1.21. The van der Waals surface area contributed by atoms with E-state index < -0.39 is 0 Å². The second-order valence-corrected chi connectivity index (χ2v) is 4.20. The van der Waals surface area contributed by atoms with Crippen molar-refractivity contribution in [3.8, 4) is 0 Å². The predicted octanol–water partition coefficient (Wildman–Crippen LogP) is 3.00. The molecule has 1 aliphatic rings. The summed E-state index contributed by atoms with van der Waals surface area (Å²) in [6.45, 7) is 0. The molecule has 13 heavy (non-hydrogen) atoms. The first kappa shape index (κ1) is 8.85. The van der Waals surface area contributed by atoms with E-state index in [0.717, 1.165) is 21.9 Å². The van der Waals surface area contributed by atoms with E-state index in [9.17, 15) is 4.79 Å². The predicted molar refractivity (Wildman–Crippen MR) is 56.9 cm³/mol. The van der Waals surface area contributed by atoms with Crippen LogP contribution in [0.25, 0.3) is 5.57 Å². The molecule has 1 nitrogen and oxygen atoms in total. The van der Waals surface area contributed by atoms with Crippen molar-refractivity contribution in [2.24, 2.45) is 0 Å². The number of hydrogen-bond donors (Lipinski definition) is 0. The van der Waals surface area contributed by atoms with Gasteiger partial charge < -0.3 is 0 Å². The van der Waals surface area contributed by atoms with E-state index in [2.05, 4.69) is 0 Å². The Morgan fingerprint density at radius 3 is 2.46 bits per heavy atom. The number of halogens is 1. The first-order chi connectivity index (χ1) is 6.25. The van der Waals surface area contributed by atoms with E-state index in [-0.39, 0.29) is 5.12 Å². The molecular formula is C10H7ClOS. The smallest absolute Gasteiger partial charge is 0.212 e.